The molecule has 0 saturated carbocycles. The summed E-state index contributed by atoms with van der Waals surface area (Å²) in [7, 11) is 0. The van der Waals surface area contributed by atoms with Crippen molar-refractivity contribution in [3.63, 3.8) is 0 Å². The van der Waals surface area contributed by atoms with E-state index >= 15 is 0 Å². The second-order valence-electron chi connectivity index (χ2n) is 6.26. The molecule has 0 saturated heterocycles. The summed E-state index contributed by atoms with van der Waals surface area (Å²) in [6.45, 7) is -2.83. The molecule has 3 rings (SSSR count). The van der Waals surface area contributed by atoms with Gasteiger partial charge >= 0.3 is 6.61 Å². The number of nitrogens with one attached hydrogen (secondary N) is 2. The van der Waals surface area contributed by atoms with Crippen LogP contribution in [0.3, 0.4) is 0 Å². The standard InChI is InChI=1S/C21H16ClF2N3O4/c22-15-6-2-1-5-14(15)12-25-16-10-9-13(11-18(16)27(29)30)20(28)26-17-7-3-4-8-19(17)31-21(23)24/h1-11,21,25H,12H2,(H,26,28). The van der Waals surface area contributed by atoms with E-state index in [4.69, 9.17) is 11.6 Å². The van der Waals surface area contributed by atoms with Gasteiger partial charge in [0.2, 0.25) is 0 Å². The van der Waals surface area contributed by atoms with Crippen LogP contribution in [0.15, 0.2) is 66.7 Å². The number of hydrogen-bond donors (Lipinski definition) is 2. The molecule has 0 heterocycles. The minimum absolute atomic E-state index is 0.0105. The Balaban J connectivity index is 1.80. The van der Waals surface area contributed by atoms with Crippen molar-refractivity contribution < 1.29 is 23.2 Å². The first-order valence-corrected chi connectivity index (χ1v) is 9.34. The van der Waals surface area contributed by atoms with Crippen molar-refractivity contribution in [1.82, 2.24) is 0 Å². The molecule has 0 aliphatic heterocycles. The Hall–Kier alpha value is -3.72. The van der Waals surface area contributed by atoms with E-state index < -0.39 is 17.4 Å². The average molecular weight is 448 g/mol. The molecule has 0 fully saturated rings. The van der Waals surface area contributed by atoms with Crippen LogP contribution >= 0.6 is 11.6 Å². The van der Waals surface area contributed by atoms with Gasteiger partial charge in [-0.1, -0.05) is 41.9 Å². The molecule has 0 unspecified atom stereocenters. The lowest BCUT2D eigenvalue weighted by Crippen LogP contribution is -2.14. The monoisotopic (exact) mass is 447 g/mol. The number of para-hydroxylation sites is 2. The number of alkyl halides is 2. The summed E-state index contributed by atoms with van der Waals surface area (Å²) in [5.41, 5.74) is 0.605. The third kappa shape index (κ3) is 5.67. The summed E-state index contributed by atoms with van der Waals surface area (Å²) < 4.78 is 29.5. The van der Waals surface area contributed by atoms with Crippen LogP contribution in [0, 0.1) is 10.1 Å². The molecule has 0 aromatic heterocycles. The largest absolute Gasteiger partial charge is 0.433 e. The molecule has 0 bridgehead atoms. The summed E-state index contributed by atoms with van der Waals surface area (Å²) in [5.74, 6) is -0.940. The van der Waals surface area contributed by atoms with E-state index in [1.807, 2.05) is 0 Å². The summed E-state index contributed by atoms with van der Waals surface area (Å²) >= 11 is 6.10. The van der Waals surface area contributed by atoms with E-state index in [2.05, 4.69) is 15.4 Å². The molecule has 0 radical (unpaired) electrons. The number of anilines is 2. The number of ether oxygens (including phenoxy) is 1. The van der Waals surface area contributed by atoms with Gasteiger partial charge in [0, 0.05) is 23.2 Å². The fraction of sp³-hybridized carbons (Fsp3) is 0.0952. The number of nitro groups is 1. The van der Waals surface area contributed by atoms with Gasteiger partial charge in [0.1, 0.15) is 11.4 Å². The molecular weight excluding hydrogens is 432 g/mol. The summed E-state index contributed by atoms with van der Waals surface area (Å²) in [4.78, 5) is 23.4. The van der Waals surface area contributed by atoms with Crippen LogP contribution in [-0.2, 0) is 6.54 Å². The van der Waals surface area contributed by atoms with Crippen molar-refractivity contribution in [2.24, 2.45) is 0 Å². The maximum Gasteiger partial charge on any atom is 0.387 e. The zero-order valence-corrected chi connectivity index (χ0v) is 16.6. The van der Waals surface area contributed by atoms with Crippen molar-refractivity contribution in [3.8, 4) is 5.75 Å². The maximum absolute atomic E-state index is 12.5. The zero-order chi connectivity index (χ0) is 22.4. The SMILES string of the molecule is O=C(Nc1ccccc1OC(F)F)c1ccc(NCc2ccccc2Cl)c([N+](=O)[O-])c1. The molecule has 0 atom stereocenters. The van der Waals surface area contributed by atoms with Crippen LogP contribution in [0.2, 0.25) is 5.02 Å². The van der Waals surface area contributed by atoms with Crippen molar-refractivity contribution in [2.75, 3.05) is 10.6 Å². The number of carbonyl (C=O) groups is 1. The van der Waals surface area contributed by atoms with Gasteiger partial charge < -0.3 is 15.4 Å². The first kappa shape index (κ1) is 22.0. The predicted octanol–water partition coefficient (Wildman–Crippen LogP) is 5.71. The summed E-state index contributed by atoms with van der Waals surface area (Å²) in [6, 6.07) is 16.6. The van der Waals surface area contributed by atoms with Crippen molar-refractivity contribution in [3.05, 3.63) is 93.0 Å². The zero-order valence-electron chi connectivity index (χ0n) is 15.8. The Labute approximate surface area is 180 Å². The summed E-state index contributed by atoms with van der Waals surface area (Å²) in [5, 5.41) is 17.4. The molecule has 0 aliphatic rings. The molecule has 31 heavy (non-hydrogen) atoms. The number of amides is 1. The topological polar surface area (TPSA) is 93.5 Å². The Morgan fingerprint density at radius 2 is 1.77 bits per heavy atom. The molecular formula is C21H16ClF2N3O4. The number of rotatable bonds is 8. The first-order valence-electron chi connectivity index (χ1n) is 8.96. The van der Waals surface area contributed by atoms with Gasteiger partial charge in [0.25, 0.3) is 11.6 Å². The molecule has 0 aliphatic carbocycles. The molecule has 160 valence electrons. The number of hydrogen-bond acceptors (Lipinski definition) is 5. The highest BCUT2D eigenvalue weighted by Crippen LogP contribution is 2.29. The molecule has 0 spiro atoms. The fourth-order valence-corrected chi connectivity index (χ4v) is 2.97. The Bertz CT molecular complexity index is 1110. The van der Waals surface area contributed by atoms with Crippen LogP contribution < -0.4 is 15.4 Å². The number of halogens is 3. The Kier molecular flexibility index (Phi) is 6.99. The maximum atomic E-state index is 12.5. The van der Waals surface area contributed by atoms with Gasteiger partial charge in [0.05, 0.1) is 10.6 Å². The first-order chi connectivity index (χ1) is 14.8. The lowest BCUT2D eigenvalue weighted by atomic mass is 10.1. The lowest BCUT2D eigenvalue weighted by molar-refractivity contribution is -0.384. The van der Waals surface area contributed by atoms with Crippen LogP contribution in [0.4, 0.5) is 25.8 Å². The van der Waals surface area contributed by atoms with Gasteiger partial charge in [-0.3, -0.25) is 14.9 Å². The van der Waals surface area contributed by atoms with E-state index in [1.54, 1.807) is 24.3 Å². The number of benzene rings is 3. The second kappa shape index (κ2) is 9.86. The van der Waals surface area contributed by atoms with Gasteiger partial charge in [-0.25, -0.2) is 0 Å². The smallest absolute Gasteiger partial charge is 0.387 e. The molecule has 10 heteroatoms. The highest BCUT2D eigenvalue weighted by molar-refractivity contribution is 6.31. The minimum atomic E-state index is -3.07. The molecule has 7 nitrogen and oxygen atoms in total. The van der Waals surface area contributed by atoms with Gasteiger partial charge in [-0.15, -0.1) is 0 Å². The molecule has 3 aromatic rings. The van der Waals surface area contributed by atoms with Crippen LogP contribution in [-0.4, -0.2) is 17.4 Å². The van der Waals surface area contributed by atoms with Crippen molar-refractivity contribution in [2.45, 2.75) is 13.2 Å². The van der Waals surface area contributed by atoms with E-state index in [1.165, 1.54) is 36.4 Å². The predicted molar refractivity (Wildman–Crippen MR) is 113 cm³/mol. The quantitative estimate of drug-likeness (QED) is 0.340. The number of nitrogens with zero attached hydrogens (tertiary/aromatic N) is 1. The van der Waals surface area contributed by atoms with E-state index in [0.717, 1.165) is 11.6 Å². The lowest BCUT2D eigenvalue weighted by Gasteiger charge is -2.12. The van der Waals surface area contributed by atoms with Gasteiger partial charge in [-0.2, -0.15) is 8.78 Å². The number of carbonyl (C=O) groups excluding carboxylic acids is 1. The van der Waals surface area contributed by atoms with Crippen molar-refractivity contribution in [1.29, 1.82) is 0 Å². The molecule has 3 aromatic carbocycles. The Morgan fingerprint density at radius 1 is 1.06 bits per heavy atom. The second-order valence-corrected chi connectivity index (χ2v) is 6.67. The van der Waals surface area contributed by atoms with Crippen LogP contribution in [0.25, 0.3) is 0 Å². The normalized spacial score (nSPS) is 10.6. The number of nitro benzene ring substituents is 1. The average Bonchev–Trinajstić information content (AvgIpc) is 2.74. The van der Waals surface area contributed by atoms with Gasteiger partial charge in [0.15, 0.2) is 0 Å². The molecule has 2 N–H and O–H groups in total. The highest BCUT2D eigenvalue weighted by Gasteiger charge is 2.19. The fourth-order valence-electron chi connectivity index (χ4n) is 2.77. The van der Waals surface area contributed by atoms with Crippen LogP contribution in [0.5, 0.6) is 5.75 Å². The van der Waals surface area contributed by atoms with Crippen LogP contribution in [0.1, 0.15) is 15.9 Å². The van der Waals surface area contributed by atoms with E-state index in [0.29, 0.717) is 5.02 Å². The third-order valence-corrected chi connectivity index (χ3v) is 4.60. The summed E-state index contributed by atoms with van der Waals surface area (Å²) in [6.07, 6.45) is 0. The minimum Gasteiger partial charge on any atom is -0.433 e. The van der Waals surface area contributed by atoms with E-state index in [-0.39, 0.29) is 34.9 Å². The third-order valence-electron chi connectivity index (χ3n) is 4.24. The van der Waals surface area contributed by atoms with Crippen molar-refractivity contribution >= 4 is 34.6 Å². The Morgan fingerprint density at radius 3 is 2.48 bits per heavy atom. The molecule has 1 amide bonds. The van der Waals surface area contributed by atoms with E-state index in [9.17, 15) is 23.7 Å². The van der Waals surface area contributed by atoms with Gasteiger partial charge in [-0.05, 0) is 35.9 Å². The highest BCUT2D eigenvalue weighted by atomic mass is 35.5.